The van der Waals surface area contributed by atoms with E-state index < -0.39 is 6.29 Å². The van der Waals surface area contributed by atoms with Crippen LogP contribution in [0.1, 0.15) is 51.1 Å². The Kier molecular flexibility index (Phi) is 6.79. The molecule has 2 aliphatic rings. The molecule has 2 fully saturated rings. The lowest BCUT2D eigenvalue weighted by Crippen LogP contribution is -2.46. The molecule has 1 amide bonds. The standard InChI is InChI=1S/C28H33N3O3/c1-28(17-29-26(32)22-15-9-4-10-16-22)18-33-27(34-19-28)25-30-23(20-11-5-2-6-12-20)24(31-25)21-13-7-3-8-14-21/h2-3,5-8,11-14,22,27H,4,9-10,15-19H2,1H3,(H,29,32)(H,30,31)/t27-,28+. The number of benzene rings is 2. The Balaban J connectivity index is 1.27. The van der Waals surface area contributed by atoms with Crippen LogP contribution in [0.25, 0.3) is 22.5 Å². The lowest BCUT2D eigenvalue weighted by atomic mass is 9.87. The van der Waals surface area contributed by atoms with Gasteiger partial charge in [0.15, 0.2) is 5.82 Å². The molecule has 1 aromatic heterocycles. The van der Waals surface area contributed by atoms with Gasteiger partial charge in [0, 0.05) is 29.0 Å². The maximum Gasteiger partial charge on any atom is 0.223 e. The number of aromatic nitrogens is 2. The third kappa shape index (κ3) is 5.08. The number of aromatic amines is 1. The summed E-state index contributed by atoms with van der Waals surface area (Å²) in [5.74, 6) is 0.992. The Hall–Kier alpha value is -2.96. The number of nitrogens with zero attached hydrogens (tertiary/aromatic N) is 1. The highest BCUT2D eigenvalue weighted by Gasteiger charge is 2.36. The van der Waals surface area contributed by atoms with E-state index >= 15 is 0 Å². The molecule has 2 aromatic carbocycles. The van der Waals surface area contributed by atoms with Crippen LogP contribution in [-0.2, 0) is 14.3 Å². The summed E-state index contributed by atoms with van der Waals surface area (Å²) in [6.07, 6.45) is 5.00. The Morgan fingerprint density at radius 3 is 2.24 bits per heavy atom. The van der Waals surface area contributed by atoms with Gasteiger partial charge < -0.3 is 19.8 Å². The van der Waals surface area contributed by atoms with E-state index in [4.69, 9.17) is 14.5 Å². The number of carbonyl (C=O) groups is 1. The molecule has 0 atom stereocenters. The van der Waals surface area contributed by atoms with E-state index in [1.165, 1.54) is 6.42 Å². The molecule has 3 aromatic rings. The zero-order chi connectivity index (χ0) is 23.4. The number of H-pyrrole nitrogens is 1. The number of rotatable bonds is 6. The summed E-state index contributed by atoms with van der Waals surface area (Å²) in [5, 5.41) is 3.15. The van der Waals surface area contributed by atoms with Gasteiger partial charge in [-0.3, -0.25) is 4.79 Å². The van der Waals surface area contributed by atoms with E-state index in [9.17, 15) is 4.79 Å². The number of carbonyl (C=O) groups excluding carboxylic acids is 1. The fraction of sp³-hybridized carbons (Fsp3) is 0.429. The quantitative estimate of drug-likeness (QED) is 0.511. The molecule has 5 rings (SSSR count). The first-order chi connectivity index (χ1) is 16.6. The van der Waals surface area contributed by atoms with Crippen molar-refractivity contribution in [1.82, 2.24) is 15.3 Å². The molecule has 0 unspecified atom stereocenters. The molecule has 178 valence electrons. The van der Waals surface area contributed by atoms with Crippen LogP contribution in [0.15, 0.2) is 60.7 Å². The summed E-state index contributed by atoms with van der Waals surface area (Å²) in [5.41, 5.74) is 3.66. The van der Waals surface area contributed by atoms with Gasteiger partial charge in [0.25, 0.3) is 0 Å². The van der Waals surface area contributed by atoms with Crippen molar-refractivity contribution in [3.63, 3.8) is 0 Å². The van der Waals surface area contributed by atoms with Crippen LogP contribution in [0.5, 0.6) is 0 Å². The predicted molar refractivity (Wildman–Crippen MR) is 132 cm³/mol. The summed E-state index contributed by atoms with van der Waals surface area (Å²) < 4.78 is 12.3. The molecule has 2 heterocycles. The van der Waals surface area contributed by atoms with E-state index in [2.05, 4.69) is 41.5 Å². The molecule has 34 heavy (non-hydrogen) atoms. The predicted octanol–water partition coefficient (Wildman–Crippen LogP) is 5.49. The SMILES string of the molecule is C[C@]1(CNC(=O)C2CCCCC2)CO[C@@H](c2nc(-c3ccccc3)c(-c3ccccc3)[nH]2)OC1. The summed E-state index contributed by atoms with van der Waals surface area (Å²) in [4.78, 5) is 20.9. The molecular weight excluding hydrogens is 426 g/mol. The van der Waals surface area contributed by atoms with Crippen LogP contribution in [0.3, 0.4) is 0 Å². The minimum atomic E-state index is -0.568. The van der Waals surface area contributed by atoms with Gasteiger partial charge in [-0.2, -0.15) is 0 Å². The Bertz CT molecular complexity index is 1030. The van der Waals surface area contributed by atoms with Crippen molar-refractivity contribution >= 4 is 5.91 Å². The number of ether oxygens (including phenoxy) is 2. The van der Waals surface area contributed by atoms with Gasteiger partial charge in [0.05, 0.1) is 24.6 Å². The minimum Gasteiger partial charge on any atom is -0.355 e. The third-order valence-electron chi connectivity index (χ3n) is 6.89. The maximum atomic E-state index is 12.6. The number of hydrogen-bond acceptors (Lipinski definition) is 4. The summed E-state index contributed by atoms with van der Waals surface area (Å²) >= 11 is 0. The van der Waals surface area contributed by atoms with Crippen molar-refractivity contribution in [3.05, 3.63) is 66.5 Å². The van der Waals surface area contributed by atoms with Crippen molar-refractivity contribution in [2.75, 3.05) is 19.8 Å². The number of imidazole rings is 1. The minimum absolute atomic E-state index is 0.159. The van der Waals surface area contributed by atoms with Gasteiger partial charge in [-0.05, 0) is 12.8 Å². The molecule has 0 spiro atoms. The van der Waals surface area contributed by atoms with E-state index in [1.807, 2.05) is 36.4 Å². The monoisotopic (exact) mass is 459 g/mol. The summed E-state index contributed by atoms with van der Waals surface area (Å²) in [6.45, 7) is 3.63. The number of amides is 1. The van der Waals surface area contributed by atoms with Crippen LogP contribution >= 0.6 is 0 Å². The highest BCUT2D eigenvalue weighted by Crippen LogP contribution is 2.35. The Morgan fingerprint density at radius 1 is 0.971 bits per heavy atom. The molecule has 1 aliphatic heterocycles. The van der Waals surface area contributed by atoms with Crippen LogP contribution in [0, 0.1) is 11.3 Å². The summed E-state index contributed by atoms with van der Waals surface area (Å²) in [6, 6.07) is 20.3. The van der Waals surface area contributed by atoms with Crippen LogP contribution in [0.4, 0.5) is 0 Å². The second-order valence-electron chi connectivity index (χ2n) is 9.90. The molecule has 6 nitrogen and oxygen atoms in total. The second-order valence-corrected chi connectivity index (χ2v) is 9.90. The lowest BCUT2D eigenvalue weighted by molar-refractivity contribution is -0.232. The van der Waals surface area contributed by atoms with Crippen LogP contribution < -0.4 is 5.32 Å². The Morgan fingerprint density at radius 2 is 1.59 bits per heavy atom. The molecule has 0 radical (unpaired) electrons. The lowest BCUT2D eigenvalue weighted by Gasteiger charge is -2.37. The second kappa shape index (κ2) is 10.1. The van der Waals surface area contributed by atoms with Gasteiger partial charge in [-0.25, -0.2) is 4.98 Å². The largest absolute Gasteiger partial charge is 0.355 e. The zero-order valence-electron chi connectivity index (χ0n) is 19.8. The molecular formula is C28H33N3O3. The van der Waals surface area contributed by atoms with Gasteiger partial charge >= 0.3 is 0 Å². The first-order valence-electron chi connectivity index (χ1n) is 12.3. The fourth-order valence-electron chi connectivity index (χ4n) is 4.83. The Labute approximate surface area is 201 Å². The molecule has 1 saturated carbocycles. The summed E-state index contributed by atoms with van der Waals surface area (Å²) in [7, 11) is 0. The van der Waals surface area contributed by atoms with Crippen molar-refractivity contribution < 1.29 is 14.3 Å². The van der Waals surface area contributed by atoms with Gasteiger partial charge in [0.1, 0.15) is 0 Å². The maximum absolute atomic E-state index is 12.6. The van der Waals surface area contributed by atoms with Gasteiger partial charge in [-0.1, -0.05) is 86.8 Å². The zero-order valence-corrected chi connectivity index (χ0v) is 19.8. The highest BCUT2D eigenvalue weighted by molar-refractivity contribution is 5.79. The molecule has 2 N–H and O–H groups in total. The van der Waals surface area contributed by atoms with E-state index in [1.54, 1.807) is 0 Å². The number of nitrogens with one attached hydrogen (secondary N) is 2. The van der Waals surface area contributed by atoms with E-state index in [-0.39, 0.29) is 17.2 Å². The average Bonchev–Trinajstić information content (AvgIpc) is 3.35. The smallest absolute Gasteiger partial charge is 0.223 e. The van der Waals surface area contributed by atoms with Gasteiger partial charge in [-0.15, -0.1) is 0 Å². The van der Waals surface area contributed by atoms with Crippen molar-refractivity contribution in [3.8, 4) is 22.5 Å². The normalized spacial score (nSPS) is 23.5. The first-order valence-corrected chi connectivity index (χ1v) is 12.3. The highest BCUT2D eigenvalue weighted by atomic mass is 16.7. The van der Waals surface area contributed by atoms with E-state index in [0.29, 0.717) is 25.6 Å². The van der Waals surface area contributed by atoms with E-state index in [0.717, 1.165) is 48.2 Å². The fourth-order valence-corrected chi connectivity index (χ4v) is 4.83. The topological polar surface area (TPSA) is 76.2 Å². The molecule has 0 bridgehead atoms. The van der Waals surface area contributed by atoms with Crippen LogP contribution in [0.2, 0.25) is 0 Å². The third-order valence-corrected chi connectivity index (χ3v) is 6.89. The van der Waals surface area contributed by atoms with Crippen molar-refractivity contribution in [2.24, 2.45) is 11.3 Å². The van der Waals surface area contributed by atoms with Gasteiger partial charge in [0.2, 0.25) is 12.2 Å². The average molecular weight is 460 g/mol. The molecule has 1 saturated heterocycles. The molecule has 6 heteroatoms. The number of hydrogen-bond donors (Lipinski definition) is 2. The van der Waals surface area contributed by atoms with Crippen LogP contribution in [-0.4, -0.2) is 35.6 Å². The van der Waals surface area contributed by atoms with Crippen molar-refractivity contribution in [2.45, 2.75) is 45.3 Å². The van der Waals surface area contributed by atoms with Crippen molar-refractivity contribution in [1.29, 1.82) is 0 Å². The molecule has 1 aliphatic carbocycles. The first kappa shape index (κ1) is 22.8.